The Kier molecular flexibility index (Phi) is 2.44. The molecule has 0 aliphatic rings. The number of nitrogens with zero attached hydrogens (tertiary/aromatic N) is 1. The van der Waals surface area contributed by atoms with Crippen molar-refractivity contribution in [1.29, 1.82) is 0 Å². The Morgan fingerprint density at radius 2 is 2.42 bits per heavy atom. The summed E-state index contributed by atoms with van der Waals surface area (Å²) in [5.41, 5.74) is 6.47. The second-order valence-electron chi connectivity index (χ2n) is 2.43. The number of nitrogens with two attached hydrogens (primary N) is 1. The van der Waals surface area contributed by atoms with Gasteiger partial charge < -0.3 is 15.4 Å². The van der Waals surface area contributed by atoms with Crippen LogP contribution in [0.1, 0.15) is 21.8 Å². The number of carbonyl (C=O) groups is 1. The van der Waals surface area contributed by atoms with Gasteiger partial charge in [-0.2, -0.15) is 0 Å². The van der Waals surface area contributed by atoms with Crippen LogP contribution in [0.4, 0.5) is 0 Å². The Morgan fingerprint density at radius 3 is 2.83 bits per heavy atom. The first-order valence-corrected chi connectivity index (χ1v) is 3.55. The lowest BCUT2D eigenvalue weighted by atomic mass is 10.2. The van der Waals surface area contributed by atoms with Gasteiger partial charge in [-0.05, 0) is 13.5 Å². The van der Waals surface area contributed by atoms with E-state index in [1.165, 1.54) is 0 Å². The second-order valence-corrected chi connectivity index (χ2v) is 2.43. The third kappa shape index (κ3) is 1.45. The van der Waals surface area contributed by atoms with Gasteiger partial charge in [0.25, 0.3) is 0 Å². The maximum atomic E-state index is 10.5. The SMILES string of the molecule is Cc1c(CCN)noc1C(=O)O. The van der Waals surface area contributed by atoms with Gasteiger partial charge in [-0.15, -0.1) is 0 Å². The smallest absolute Gasteiger partial charge is 0.375 e. The number of carboxylic acids is 1. The van der Waals surface area contributed by atoms with E-state index in [4.69, 9.17) is 10.8 Å². The molecule has 0 unspecified atom stereocenters. The summed E-state index contributed by atoms with van der Waals surface area (Å²) in [4.78, 5) is 10.5. The van der Waals surface area contributed by atoms with E-state index in [1.54, 1.807) is 6.92 Å². The molecule has 1 aromatic rings. The van der Waals surface area contributed by atoms with Gasteiger partial charge in [-0.3, -0.25) is 0 Å². The highest BCUT2D eigenvalue weighted by Gasteiger charge is 2.16. The summed E-state index contributed by atoms with van der Waals surface area (Å²) in [6.07, 6.45) is 0.544. The topological polar surface area (TPSA) is 89.4 Å². The van der Waals surface area contributed by atoms with Gasteiger partial charge in [0.2, 0.25) is 5.76 Å². The van der Waals surface area contributed by atoms with Crippen LogP contribution < -0.4 is 5.73 Å². The van der Waals surface area contributed by atoms with Gasteiger partial charge in [0.05, 0.1) is 5.69 Å². The molecule has 1 heterocycles. The van der Waals surface area contributed by atoms with Crippen LogP contribution in [0, 0.1) is 6.92 Å². The fraction of sp³-hybridized carbons (Fsp3) is 0.429. The zero-order valence-corrected chi connectivity index (χ0v) is 6.70. The number of aromatic nitrogens is 1. The van der Waals surface area contributed by atoms with E-state index in [-0.39, 0.29) is 5.76 Å². The lowest BCUT2D eigenvalue weighted by molar-refractivity contribution is 0.0651. The molecule has 0 amide bonds. The summed E-state index contributed by atoms with van der Waals surface area (Å²) in [6, 6.07) is 0. The third-order valence-corrected chi connectivity index (χ3v) is 1.60. The highest BCUT2D eigenvalue weighted by Crippen LogP contribution is 2.12. The molecule has 3 N–H and O–H groups in total. The van der Waals surface area contributed by atoms with Crippen LogP contribution >= 0.6 is 0 Å². The van der Waals surface area contributed by atoms with Crippen molar-refractivity contribution in [3.05, 3.63) is 17.0 Å². The highest BCUT2D eigenvalue weighted by molar-refractivity contribution is 5.86. The molecule has 0 aromatic carbocycles. The molecule has 5 nitrogen and oxygen atoms in total. The molecule has 0 aliphatic heterocycles. The van der Waals surface area contributed by atoms with Crippen molar-refractivity contribution in [2.24, 2.45) is 5.73 Å². The zero-order chi connectivity index (χ0) is 9.14. The molecule has 1 rings (SSSR count). The van der Waals surface area contributed by atoms with E-state index in [0.717, 1.165) is 0 Å². The molecular formula is C7H10N2O3. The van der Waals surface area contributed by atoms with Crippen LogP contribution in [0.3, 0.4) is 0 Å². The van der Waals surface area contributed by atoms with Gasteiger partial charge in [0, 0.05) is 12.0 Å². The van der Waals surface area contributed by atoms with Gasteiger partial charge in [-0.25, -0.2) is 4.79 Å². The number of hydrogen-bond donors (Lipinski definition) is 2. The van der Waals surface area contributed by atoms with E-state index in [0.29, 0.717) is 24.2 Å². The molecule has 0 spiro atoms. The van der Waals surface area contributed by atoms with Crippen LogP contribution in [0.5, 0.6) is 0 Å². The Hall–Kier alpha value is -1.36. The predicted molar refractivity (Wildman–Crippen MR) is 41.0 cm³/mol. The third-order valence-electron chi connectivity index (χ3n) is 1.60. The Morgan fingerprint density at radius 1 is 1.75 bits per heavy atom. The molecule has 0 fully saturated rings. The predicted octanol–water partition coefficient (Wildman–Crippen LogP) is 0.182. The summed E-state index contributed by atoms with van der Waals surface area (Å²) < 4.78 is 4.60. The minimum Gasteiger partial charge on any atom is -0.475 e. The number of rotatable bonds is 3. The normalized spacial score (nSPS) is 10.2. The van der Waals surface area contributed by atoms with Crippen molar-refractivity contribution in [2.45, 2.75) is 13.3 Å². The van der Waals surface area contributed by atoms with Gasteiger partial charge in [-0.1, -0.05) is 5.16 Å². The molecular weight excluding hydrogens is 160 g/mol. The van der Waals surface area contributed by atoms with Gasteiger partial charge >= 0.3 is 5.97 Å². The molecule has 0 radical (unpaired) electrons. The van der Waals surface area contributed by atoms with Crippen LogP contribution in [0.2, 0.25) is 0 Å². The lowest BCUT2D eigenvalue weighted by Gasteiger charge is -1.91. The van der Waals surface area contributed by atoms with Crippen LogP contribution in [0.15, 0.2) is 4.52 Å². The van der Waals surface area contributed by atoms with E-state index in [2.05, 4.69) is 9.68 Å². The summed E-state index contributed by atoms with van der Waals surface area (Å²) in [5, 5.41) is 12.2. The van der Waals surface area contributed by atoms with Gasteiger partial charge in [0.1, 0.15) is 0 Å². The maximum Gasteiger partial charge on any atom is 0.375 e. The van der Waals surface area contributed by atoms with E-state index < -0.39 is 5.97 Å². The van der Waals surface area contributed by atoms with Crippen molar-refractivity contribution in [3.63, 3.8) is 0 Å². The highest BCUT2D eigenvalue weighted by atomic mass is 16.5. The molecule has 66 valence electrons. The molecule has 0 atom stereocenters. The first-order valence-electron chi connectivity index (χ1n) is 3.55. The minimum absolute atomic E-state index is 0.0987. The molecule has 0 saturated carbocycles. The maximum absolute atomic E-state index is 10.5. The average Bonchev–Trinajstić information content (AvgIpc) is 2.34. The van der Waals surface area contributed by atoms with Crippen LogP contribution in [-0.4, -0.2) is 22.8 Å². The zero-order valence-electron chi connectivity index (χ0n) is 6.70. The largest absolute Gasteiger partial charge is 0.475 e. The molecule has 1 aromatic heterocycles. The van der Waals surface area contributed by atoms with E-state index in [1.807, 2.05) is 0 Å². The minimum atomic E-state index is -1.09. The Bertz CT molecular complexity index is 293. The lowest BCUT2D eigenvalue weighted by Crippen LogP contribution is -2.04. The first kappa shape index (κ1) is 8.73. The van der Waals surface area contributed by atoms with E-state index >= 15 is 0 Å². The molecule has 5 heteroatoms. The fourth-order valence-corrected chi connectivity index (χ4v) is 0.938. The molecule has 0 aliphatic carbocycles. The van der Waals surface area contributed by atoms with Gasteiger partial charge in [0.15, 0.2) is 0 Å². The fourth-order valence-electron chi connectivity index (χ4n) is 0.938. The first-order chi connectivity index (χ1) is 5.66. The van der Waals surface area contributed by atoms with Crippen molar-refractivity contribution < 1.29 is 14.4 Å². The summed E-state index contributed by atoms with van der Waals surface area (Å²) in [5.74, 6) is -1.19. The second kappa shape index (κ2) is 3.36. The Balaban J connectivity index is 2.96. The molecule has 12 heavy (non-hydrogen) atoms. The van der Waals surface area contributed by atoms with E-state index in [9.17, 15) is 4.79 Å². The quantitative estimate of drug-likeness (QED) is 0.675. The summed E-state index contributed by atoms with van der Waals surface area (Å²) in [6.45, 7) is 2.09. The van der Waals surface area contributed by atoms with Crippen LogP contribution in [0.25, 0.3) is 0 Å². The average molecular weight is 170 g/mol. The summed E-state index contributed by atoms with van der Waals surface area (Å²) >= 11 is 0. The van der Waals surface area contributed by atoms with Crippen molar-refractivity contribution in [3.8, 4) is 0 Å². The van der Waals surface area contributed by atoms with Crippen molar-refractivity contribution in [1.82, 2.24) is 5.16 Å². The molecule has 0 bridgehead atoms. The van der Waals surface area contributed by atoms with Crippen molar-refractivity contribution in [2.75, 3.05) is 6.54 Å². The monoisotopic (exact) mass is 170 g/mol. The van der Waals surface area contributed by atoms with Crippen LogP contribution in [-0.2, 0) is 6.42 Å². The summed E-state index contributed by atoms with van der Waals surface area (Å²) in [7, 11) is 0. The number of aromatic carboxylic acids is 1. The molecule has 0 saturated heterocycles. The Labute approximate surface area is 69.2 Å². The number of hydrogen-bond acceptors (Lipinski definition) is 4. The standard InChI is InChI=1S/C7H10N2O3/c1-4-5(2-3-8)9-12-6(4)7(10)11/h2-3,8H2,1H3,(H,10,11). The number of carboxylic acid groups (broad SMARTS) is 1. The van der Waals surface area contributed by atoms with Crippen molar-refractivity contribution >= 4 is 5.97 Å².